The van der Waals surface area contributed by atoms with Crippen molar-refractivity contribution < 1.29 is 19.0 Å². The molecule has 1 N–H and O–H groups in total. The van der Waals surface area contributed by atoms with E-state index in [1.165, 1.54) is 0 Å². The minimum atomic E-state index is -0.208. The summed E-state index contributed by atoms with van der Waals surface area (Å²) in [6, 6.07) is 14.5. The standard InChI is InChI=1S/C21H27NO4/c1-4-16(3)26-18-10-8-9-17(15-18)21(23)22-19-11-6-7-12-20(19)25-14-13-24-5-2/h6-12,15-16H,4-5,13-14H2,1-3H3,(H,22,23). The van der Waals surface area contributed by atoms with Gasteiger partial charge in [-0.15, -0.1) is 0 Å². The van der Waals surface area contributed by atoms with Crippen LogP contribution < -0.4 is 14.8 Å². The Morgan fingerprint density at radius 2 is 1.88 bits per heavy atom. The van der Waals surface area contributed by atoms with E-state index in [-0.39, 0.29) is 12.0 Å². The van der Waals surface area contributed by atoms with Gasteiger partial charge in [-0.25, -0.2) is 0 Å². The van der Waals surface area contributed by atoms with Crippen LogP contribution in [-0.4, -0.2) is 31.8 Å². The van der Waals surface area contributed by atoms with Gasteiger partial charge in [0.2, 0.25) is 0 Å². The maximum Gasteiger partial charge on any atom is 0.255 e. The number of hydrogen-bond acceptors (Lipinski definition) is 4. The summed E-state index contributed by atoms with van der Waals surface area (Å²) in [5.41, 5.74) is 1.16. The van der Waals surface area contributed by atoms with Crippen LogP contribution in [0.15, 0.2) is 48.5 Å². The lowest BCUT2D eigenvalue weighted by Gasteiger charge is -2.14. The molecule has 1 unspecified atom stereocenters. The molecular formula is C21H27NO4. The summed E-state index contributed by atoms with van der Waals surface area (Å²) in [5.74, 6) is 1.10. The molecule has 0 aliphatic rings. The zero-order chi connectivity index (χ0) is 18.8. The number of carbonyl (C=O) groups excluding carboxylic acids is 1. The molecule has 1 atom stereocenters. The molecule has 2 aromatic carbocycles. The summed E-state index contributed by atoms with van der Waals surface area (Å²) >= 11 is 0. The highest BCUT2D eigenvalue weighted by Crippen LogP contribution is 2.25. The van der Waals surface area contributed by atoms with Crippen molar-refractivity contribution in [3.05, 3.63) is 54.1 Å². The van der Waals surface area contributed by atoms with E-state index in [1.54, 1.807) is 12.1 Å². The van der Waals surface area contributed by atoms with Crippen molar-refractivity contribution in [1.29, 1.82) is 0 Å². The Hall–Kier alpha value is -2.53. The largest absolute Gasteiger partial charge is 0.491 e. The molecule has 0 radical (unpaired) electrons. The van der Waals surface area contributed by atoms with Crippen LogP contribution in [0.2, 0.25) is 0 Å². The summed E-state index contributed by atoms with van der Waals surface area (Å²) in [6.07, 6.45) is 1.01. The molecule has 2 rings (SSSR count). The van der Waals surface area contributed by atoms with Crippen LogP contribution in [0.25, 0.3) is 0 Å². The zero-order valence-electron chi connectivity index (χ0n) is 15.7. The van der Waals surface area contributed by atoms with Gasteiger partial charge in [0.1, 0.15) is 18.1 Å². The Kier molecular flexibility index (Phi) is 7.96. The van der Waals surface area contributed by atoms with Crippen molar-refractivity contribution in [2.45, 2.75) is 33.3 Å². The third-order valence-corrected chi connectivity index (χ3v) is 3.83. The average molecular weight is 357 g/mol. The molecule has 26 heavy (non-hydrogen) atoms. The Balaban J connectivity index is 2.04. The van der Waals surface area contributed by atoms with Crippen LogP contribution in [0.5, 0.6) is 11.5 Å². The lowest BCUT2D eigenvalue weighted by molar-refractivity contribution is 0.102. The zero-order valence-corrected chi connectivity index (χ0v) is 15.7. The van der Waals surface area contributed by atoms with E-state index in [2.05, 4.69) is 12.2 Å². The Morgan fingerprint density at radius 1 is 1.08 bits per heavy atom. The van der Waals surface area contributed by atoms with E-state index < -0.39 is 0 Å². The number of para-hydroxylation sites is 2. The number of hydrogen-bond donors (Lipinski definition) is 1. The predicted molar refractivity (Wildman–Crippen MR) is 103 cm³/mol. The molecule has 0 spiro atoms. The second kappa shape index (κ2) is 10.5. The van der Waals surface area contributed by atoms with E-state index in [0.29, 0.717) is 42.6 Å². The van der Waals surface area contributed by atoms with Crippen LogP contribution in [-0.2, 0) is 4.74 Å². The molecule has 5 heteroatoms. The molecule has 0 heterocycles. The van der Waals surface area contributed by atoms with E-state index >= 15 is 0 Å². The minimum absolute atomic E-state index is 0.104. The summed E-state index contributed by atoms with van der Waals surface area (Å²) < 4.78 is 16.8. The maximum atomic E-state index is 12.6. The highest BCUT2D eigenvalue weighted by Gasteiger charge is 2.11. The lowest BCUT2D eigenvalue weighted by atomic mass is 10.2. The second-order valence-corrected chi connectivity index (χ2v) is 5.86. The molecule has 140 valence electrons. The summed E-state index contributed by atoms with van der Waals surface area (Å²) in [5, 5.41) is 2.90. The normalized spacial score (nSPS) is 11.7. The third kappa shape index (κ3) is 6.08. The first-order valence-electron chi connectivity index (χ1n) is 9.01. The first-order valence-corrected chi connectivity index (χ1v) is 9.01. The lowest BCUT2D eigenvalue weighted by Crippen LogP contribution is -2.15. The fourth-order valence-corrected chi connectivity index (χ4v) is 2.27. The van der Waals surface area contributed by atoms with Crippen molar-refractivity contribution in [3.63, 3.8) is 0 Å². The van der Waals surface area contributed by atoms with Crippen LogP contribution >= 0.6 is 0 Å². The number of ether oxygens (including phenoxy) is 3. The van der Waals surface area contributed by atoms with Gasteiger partial charge >= 0.3 is 0 Å². The molecular weight excluding hydrogens is 330 g/mol. The summed E-state index contributed by atoms with van der Waals surface area (Å²) in [4.78, 5) is 12.6. The highest BCUT2D eigenvalue weighted by molar-refractivity contribution is 6.05. The number of anilines is 1. The smallest absolute Gasteiger partial charge is 0.255 e. The molecule has 0 aliphatic heterocycles. The molecule has 0 fully saturated rings. The number of rotatable bonds is 10. The van der Waals surface area contributed by atoms with E-state index in [0.717, 1.165) is 6.42 Å². The van der Waals surface area contributed by atoms with Gasteiger partial charge in [-0.05, 0) is 50.6 Å². The molecule has 2 aromatic rings. The Labute approximate surface area is 155 Å². The van der Waals surface area contributed by atoms with Gasteiger partial charge in [0.15, 0.2) is 0 Å². The van der Waals surface area contributed by atoms with Crippen molar-refractivity contribution in [1.82, 2.24) is 0 Å². The van der Waals surface area contributed by atoms with Crippen LogP contribution in [0.1, 0.15) is 37.6 Å². The van der Waals surface area contributed by atoms with Gasteiger partial charge in [-0.1, -0.05) is 25.1 Å². The van der Waals surface area contributed by atoms with Gasteiger partial charge < -0.3 is 19.5 Å². The SMILES string of the molecule is CCOCCOc1ccccc1NC(=O)c1cccc(OC(C)CC)c1. The molecule has 0 saturated carbocycles. The van der Waals surface area contributed by atoms with Crippen molar-refractivity contribution in [2.75, 3.05) is 25.1 Å². The van der Waals surface area contributed by atoms with Crippen molar-refractivity contribution >= 4 is 11.6 Å². The van der Waals surface area contributed by atoms with E-state index in [9.17, 15) is 4.79 Å². The monoisotopic (exact) mass is 357 g/mol. The Morgan fingerprint density at radius 3 is 2.65 bits per heavy atom. The number of nitrogens with one attached hydrogen (secondary N) is 1. The van der Waals surface area contributed by atoms with Crippen molar-refractivity contribution in [2.24, 2.45) is 0 Å². The molecule has 0 bridgehead atoms. The first kappa shape index (κ1) is 19.8. The maximum absolute atomic E-state index is 12.6. The second-order valence-electron chi connectivity index (χ2n) is 5.86. The highest BCUT2D eigenvalue weighted by atomic mass is 16.5. The first-order chi connectivity index (χ1) is 12.6. The average Bonchev–Trinajstić information content (AvgIpc) is 2.66. The predicted octanol–water partition coefficient (Wildman–Crippen LogP) is 4.53. The number of amides is 1. The van der Waals surface area contributed by atoms with Crippen LogP contribution in [0.4, 0.5) is 5.69 Å². The van der Waals surface area contributed by atoms with Crippen LogP contribution in [0, 0.1) is 0 Å². The topological polar surface area (TPSA) is 56.8 Å². The summed E-state index contributed by atoms with van der Waals surface area (Å²) in [7, 11) is 0. The Bertz CT molecular complexity index is 702. The van der Waals surface area contributed by atoms with Gasteiger partial charge in [-0.3, -0.25) is 4.79 Å². The van der Waals surface area contributed by atoms with E-state index in [1.807, 2.05) is 50.2 Å². The molecule has 0 aliphatic carbocycles. The number of carbonyl (C=O) groups is 1. The molecule has 5 nitrogen and oxygen atoms in total. The third-order valence-electron chi connectivity index (χ3n) is 3.83. The van der Waals surface area contributed by atoms with Gasteiger partial charge in [0.05, 0.1) is 18.4 Å². The van der Waals surface area contributed by atoms with E-state index in [4.69, 9.17) is 14.2 Å². The molecule has 1 amide bonds. The quantitative estimate of drug-likeness (QED) is 0.635. The molecule has 0 saturated heterocycles. The van der Waals surface area contributed by atoms with Gasteiger partial charge in [0, 0.05) is 12.2 Å². The summed E-state index contributed by atoms with van der Waals surface area (Å²) in [6.45, 7) is 7.59. The van der Waals surface area contributed by atoms with Crippen molar-refractivity contribution in [3.8, 4) is 11.5 Å². The molecule has 0 aromatic heterocycles. The minimum Gasteiger partial charge on any atom is -0.491 e. The number of benzene rings is 2. The fourth-order valence-electron chi connectivity index (χ4n) is 2.27. The van der Waals surface area contributed by atoms with Crippen LogP contribution in [0.3, 0.4) is 0 Å². The van der Waals surface area contributed by atoms with Gasteiger partial charge in [0.25, 0.3) is 5.91 Å². The fraction of sp³-hybridized carbons (Fsp3) is 0.381. The van der Waals surface area contributed by atoms with Gasteiger partial charge in [-0.2, -0.15) is 0 Å².